The molecule has 0 spiro atoms. The van der Waals surface area contributed by atoms with E-state index in [1.807, 2.05) is 24.4 Å². The average Bonchev–Trinajstić information content (AvgIpc) is 3.26. The van der Waals surface area contributed by atoms with Crippen LogP contribution in [-0.4, -0.2) is 40.3 Å². The van der Waals surface area contributed by atoms with Gasteiger partial charge in [-0.15, -0.1) is 0 Å². The SMILES string of the molecule is COc1c(Nc2nc(Nc3cc(NCCN)cc4[nH]ccc34)ncc2F)ccc(O)c1C. The van der Waals surface area contributed by atoms with Gasteiger partial charge in [-0.1, -0.05) is 0 Å². The zero-order valence-electron chi connectivity index (χ0n) is 17.7. The maximum Gasteiger partial charge on any atom is 0.229 e. The highest BCUT2D eigenvalue weighted by atomic mass is 19.1. The molecule has 0 saturated carbocycles. The second-order valence-corrected chi connectivity index (χ2v) is 7.11. The van der Waals surface area contributed by atoms with Crippen molar-refractivity contribution in [2.45, 2.75) is 6.92 Å². The van der Waals surface area contributed by atoms with Crippen LogP contribution >= 0.6 is 0 Å². The number of nitrogens with two attached hydrogens (primary N) is 1. The number of anilines is 5. The number of ether oxygens (including phenoxy) is 1. The number of aromatic hydroxyl groups is 1. The molecule has 2 aromatic heterocycles. The summed E-state index contributed by atoms with van der Waals surface area (Å²) in [5.74, 6) is 0.0192. The molecule has 166 valence electrons. The van der Waals surface area contributed by atoms with Gasteiger partial charge in [-0.2, -0.15) is 4.98 Å². The highest BCUT2D eigenvalue weighted by Gasteiger charge is 2.15. The van der Waals surface area contributed by atoms with Gasteiger partial charge in [-0.3, -0.25) is 0 Å². The first-order chi connectivity index (χ1) is 15.5. The molecule has 0 amide bonds. The third-order valence-corrected chi connectivity index (χ3v) is 4.97. The Labute approximate surface area is 183 Å². The molecular weight excluding hydrogens is 413 g/mol. The van der Waals surface area contributed by atoms with Crippen molar-refractivity contribution in [1.82, 2.24) is 15.0 Å². The van der Waals surface area contributed by atoms with Crippen LogP contribution in [0.3, 0.4) is 0 Å². The number of aromatic nitrogens is 3. The largest absolute Gasteiger partial charge is 0.508 e. The quantitative estimate of drug-likeness (QED) is 0.228. The van der Waals surface area contributed by atoms with E-state index >= 15 is 0 Å². The van der Waals surface area contributed by atoms with E-state index in [4.69, 9.17) is 10.5 Å². The van der Waals surface area contributed by atoms with Gasteiger partial charge < -0.3 is 36.5 Å². The number of aromatic amines is 1. The van der Waals surface area contributed by atoms with Crippen LogP contribution in [0, 0.1) is 12.7 Å². The molecule has 0 fully saturated rings. The predicted octanol–water partition coefficient (Wildman–Crippen LogP) is 3.98. The smallest absolute Gasteiger partial charge is 0.229 e. The number of fused-ring (bicyclic) bond motifs is 1. The van der Waals surface area contributed by atoms with E-state index in [1.165, 1.54) is 13.2 Å². The van der Waals surface area contributed by atoms with Crippen molar-refractivity contribution in [2.24, 2.45) is 5.73 Å². The summed E-state index contributed by atoms with van der Waals surface area (Å²) in [6, 6.07) is 8.91. The summed E-state index contributed by atoms with van der Waals surface area (Å²) in [5.41, 5.74) is 9.12. The number of phenolic OH excluding ortho intramolecular Hbond substituents is 1. The minimum atomic E-state index is -0.631. The van der Waals surface area contributed by atoms with Crippen molar-refractivity contribution in [2.75, 3.05) is 36.1 Å². The number of hydrogen-bond donors (Lipinski definition) is 6. The number of phenols is 1. The molecule has 0 radical (unpaired) electrons. The Kier molecular flexibility index (Phi) is 5.95. The molecule has 9 nitrogen and oxygen atoms in total. The fraction of sp³-hybridized carbons (Fsp3) is 0.182. The van der Waals surface area contributed by atoms with Crippen LogP contribution in [0.2, 0.25) is 0 Å². The molecule has 0 atom stereocenters. The van der Waals surface area contributed by atoms with Gasteiger partial charge in [0.15, 0.2) is 11.6 Å². The van der Waals surface area contributed by atoms with Gasteiger partial charge in [0.25, 0.3) is 0 Å². The minimum absolute atomic E-state index is 0.0337. The fourth-order valence-corrected chi connectivity index (χ4v) is 3.39. The number of rotatable bonds is 8. The summed E-state index contributed by atoms with van der Waals surface area (Å²) >= 11 is 0. The molecule has 7 N–H and O–H groups in total. The number of nitrogens with one attached hydrogen (secondary N) is 4. The topological polar surface area (TPSA) is 133 Å². The second kappa shape index (κ2) is 8.98. The van der Waals surface area contributed by atoms with Crippen molar-refractivity contribution < 1.29 is 14.2 Å². The molecule has 0 saturated heterocycles. The zero-order chi connectivity index (χ0) is 22.7. The van der Waals surface area contributed by atoms with Crippen LogP contribution in [0.25, 0.3) is 10.9 Å². The maximum atomic E-state index is 14.5. The molecule has 2 heterocycles. The Balaban J connectivity index is 1.66. The van der Waals surface area contributed by atoms with Crippen LogP contribution in [0.4, 0.5) is 33.2 Å². The summed E-state index contributed by atoms with van der Waals surface area (Å²) in [6.07, 6.45) is 2.92. The molecule has 0 aliphatic heterocycles. The number of methoxy groups -OCH3 is 1. The number of H-pyrrole nitrogens is 1. The lowest BCUT2D eigenvalue weighted by Crippen LogP contribution is -2.13. The molecule has 10 heteroatoms. The van der Waals surface area contributed by atoms with Gasteiger partial charge in [0.1, 0.15) is 11.5 Å². The standard InChI is InChI=1S/C22H24FN7O2/c1-12-19(31)4-3-16(20(12)32-2)28-21-15(23)11-27-22(30-21)29-18-10-13(25-8-6-24)9-17-14(18)5-7-26-17/h3-5,7,9-11,25-26,31H,6,8,24H2,1-2H3,(H2,27,28,29,30). The lowest BCUT2D eigenvalue weighted by atomic mass is 10.1. The van der Waals surface area contributed by atoms with Crippen LogP contribution < -0.4 is 26.4 Å². The lowest BCUT2D eigenvalue weighted by Gasteiger charge is -2.15. The summed E-state index contributed by atoms with van der Waals surface area (Å²) < 4.78 is 19.8. The zero-order valence-corrected chi connectivity index (χ0v) is 17.7. The van der Waals surface area contributed by atoms with Gasteiger partial charge in [-0.05, 0) is 37.3 Å². The van der Waals surface area contributed by atoms with E-state index in [2.05, 4.69) is 30.9 Å². The Morgan fingerprint density at radius 1 is 1.19 bits per heavy atom. The molecule has 4 rings (SSSR count). The summed E-state index contributed by atoms with van der Waals surface area (Å²) in [5, 5.41) is 20.2. The van der Waals surface area contributed by atoms with Gasteiger partial charge >= 0.3 is 0 Å². The van der Waals surface area contributed by atoms with Crippen molar-refractivity contribution in [3.05, 3.63) is 54.1 Å². The van der Waals surface area contributed by atoms with E-state index in [0.29, 0.717) is 30.1 Å². The number of benzene rings is 2. The first-order valence-corrected chi connectivity index (χ1v) is 9.98. The van der Waals surface area contributed by atoms with E-state index in [0.717, 1.165) is 28.5 Å². The highest BCUT2D eigenvalue weighted by molar-refractivity contribution is 5.96. The third-order valence-electron chi connectivity index (χ3n) is 4.97. The van der Waals surface area contributed by atoms with Crippen molar-refractivity contribution in [1.29, 1.82) is 0 Å². The minimum Gasteiger partial charge on any atom is -0.508 e. The number of hydrogen-bond acceptors (Lipinski definition) is 8. The van der Waals surface area contributed by atoms with Gasteiger partial charge in [-0.25, -0.2) is 9.37 Å². The van der Waals surface area contributed by atoms with Crippen LogP contribution in [-0.2, 0) is 0 Å². The number of nitrogens with zero attached hydrogens (tertiary/aromatic N) is 2. The van der Waals surface area contributed by atoms with Gasteiger partial charge in [0.05, 0.1) is 24.7 Å². The van der Waals surface area contributed by atoms with Crippen molar-refractivity contribution in [3.63, 3.8) is 0 Å². The Hall–Kier alpha value is -4.05. The first-order valence-electron chi connectivity index (χ1n) is 9.98. The Morgan fingerprint density at radius 2 is 2.03 bits per heavy atom. The molecule has 0 bridgehead atoms. The first kappa shape index (κ1) is 21.2. The van der Waals surface area contributed by atoms with Crippen molar-refractivity contribution >= 4 is 39.7 Å². The summed E-state index contributed by atoms with van der Waals surface area (Å²) in [6.45, 7) is 2.83. The van der Waals surface area contributed by atoms with E-state index in [9.17, 15) is 9.50 Å². The summed E-state index contributed by atoms with van der Waals surface area (Å²) in [7, 11) is 1.48. The fourth-order valence-electron chi connectivity index (χ4n) is 3.39. The van der Waals surface area contributed by atoms with E-state index < -0.39 is 5.82 Å². The normalized spacial score (nSPS) is 10.9. The maximum absolute atomic E-state index is 14.5. The summed E-state index contributed by atoms with van der Waals surface area (Å²) in [4.78, 5) is 11.5. The lowest BCUT2D eigenvalue weighted by molar-refractivity contribution is 0.404. The Morgan fingerprint density at radius 3 is 2.81 bits per heavy atom. The average molecular weight is 437 g/mol. The third kappa shape index (κ3) is 4.21. The van der Waals surface area contributed by atoms with Gasteiger partial charge in [0, 0.05) is 41.4 Å². The molecule has 0 aliphatic rings. The predicted molar refractivity (Wildman–Crippen MR) is 124 cm³/mol. The molecule has 4 aromatic rings. The highest BCUT2D eigenvalue weighted by Crippen LogP contribution is 2.36. The molecule has 0 unspecified atom stereocenters. The Bertz CT molecular complexity index is 1260. The number of halogens is 1. The molecule has 2 aromatic carbocycles. The molecular formula is C22H24FN7O2. The van der Waals surface area contributed by atoms with E-state index in [-0.39, 0.29) is 17.5 Å². The monoisotopic (exact) mass is 437 g/mol. The van der Waals surface area contributed by atoms with Crippen molar-refractivity contribution in [3.8, 4) is 11.5 Å². The van der Waals surface area contributed by atoms with Gasteiger partial charge in [0.2, 0.25) is 5.95 Å². The molecule has 32 heavy (non-hydrogen) atoms. The second-order valence-electron chi connectivity index (χ2n) is 7.11. The van der Waals surface area contributed by atoms with Crippen LogP contribution in [0.5, 0.6) is 11.5 Å². The van der Waals surface area contributed by atoms with Crippen LogP contribution in [0.15, 0.2) is 42.7 Å². The van der Waals surface area contributed by atoms with Crippen LogP contribution in [0.1, 0.15) is 5.56 Å². The van der Waals surface area contributed by atoms with E-state index in [1.54, 1.807) is 13.0 Å². The molecule has 0 aliphatic carbocycles.